The normalized spacial score (nSPS) is 14.4. The Morgan fingerprint density at radius 3 is 2.64 bits per heavy atom. The van der Waals surface area contributed by atoms with Crippen molar-refractivity contribution in [2.75, 3.05) is 6.26 Å². The summed E-state index contributed by atoms with van der Waals surface area (Å²) in [6.45, 7) is -0.0292. The van der Waals surface area contributed by atoms with E-state index in [-0.39, 0.29) is 12.6 Å². The van der Waals surface area contributed by atoms with Gasteiger partial charge in [-0.1, -0.05) is 6.42 Å². The van der Waals surface area contributed by atoms with Gasteiger partial charge in [0.15, 0.2) is 5.65 Å². The van der Waals surface area contributed by atoms with Crippen molar-refractivity contribution in [3.8, 4) is 39.5 Å². The summed E-state index contributed by atoms with van der Waals surface area (Å²) < 4.78 is 46.4. The Hall–Kier alpha value is -4.68. The molecule has 0 amide bonds. The highest BCUT2D eigenvalue weighted by Crippen LogP contribution is 2.35. The number of ether oxygens (including phenoxy) is 1. The Kier molecular flexibility index (Phi) is 7.31. The highest BCUT2D eigenvalue weighted by molar-refractivity contribution is 7.88. The third-order valence-corrected chi connectivity index (χ3v) is 8.57. The predicted molar refractivity (Wildman–Crippen MR) is 167 cm³/mol. The molecule has 1 aromatic carbocycles. The molecule has 44 heavy (non-hydrogen) atoms. The monoisotopic (exact) mass is 611 g/mol. The number of nitrogens with one attached hydrogen (secondary N) is 3. The van der Waals surface area contributed by atoms with Gasteiger partial charge in [0.2, 0.25) is 10.0 Å². The van der Waals surface area contributed by atoms with Crippen LogP contribution in [0.25, 0.3) is 55.7 Å². The zero-order valence-corrected chi connectivity index (χ0v) is 24.8. The maximum absolute atomic E-state index is 14.6. The van der Waals surface area contributed by atoms with E-state index in [9.17, 15) is 12.8 Å². The smallest absolute Gasteiger partial charge is 0.209 e. The molecule has 6 aromatic rings. The fourth-order valence-electron chi connectivity index (χ4n) is 5.80. The Bertz CT molecular complexity index is 2100. The summed E-state index contributed by atoms with van der Waals surface area (Å²) in [6.07, 6.45) is 14.1. The molecular weight excluding hydrogens is 581 g/mol. The van der Waals surface area contributed by atoms with Crippen molar-refractivity contribution >= 4 is 32.0 Å². The van der Waals surface area contributed by atoms with Gasteiger partial charge < -0.3 is 9.72 Å². The number of hydrogen-bond donors (Lipinski definition) is 3. The first-order chi connectivity index (χ1) is 21.3. The van der Waals surface area contributed by atoms with Crippen LogP contribution in [0.3, 0.4) is 0 Å². The van der Waals surface area contributed by atoms with E-state index in [0.717, 1.165) is 63.7 Å². The lowest BCUT2D eigenvalue weighted by Gasteiger charge is -2.23. The van der Waals surface area contributed by atoms with E-state index in [4.69, 9.17) is 4.74 Å². The lowest BCUT2D eigenvalue weighted by atomic mass is 9.98. The molecule has 0 atom stereocenters. The third kappa shape index (κ3) is 5.90. The second kappa shape index (κ2) is 11.4. The number of halogens is 1. The number of nitrogens with zero attached hydrogens (tertiary/aromatic N) is 4. The maximum atomic E-state index is 14.6. The fourth-order valence-corrected chi connectivity index (χ4v) is 6.23. The van der Waals surface area contributed by atoms with Crippen LogP contribution in [0.5, 0.6) is 5.75 Å². The molecule has 1 fully saturated rings. The summed E-state index contributed by atoms with van der Waals surface area (Å²) in [4.78, 5) is 17.0. The highest BCUT2D eigenvalue weighted by Gasteiger charge is 2.18. The highest BCUT2D eigenvalue weighted by atomic mass is 32.2. The Balaban J connectivity index is 1.23. The van der Waals surface area contributed by atoms with E-state index in [1.54, 1.807) is 30.9 Å². The van der Waals surface area contributed by atoms with Crippen molar-refractivity contribution in [2.45, 2.75) is 44.8 Å². The molecule has 0 saturated heterocycles. The van der Waals surface area contributed by atoms with E-state index in [1.807, 2.05) is 24.3 Å². The van der Waals surface area contributed by atoms with Gasteiger partial charge in [-0.2, -0.15) is 5.10 Å². The number of sulfonamides is 1. The molecule has 0 bridgehead atoms. The maximum Gasteiger partial charge on any atom is 0.209 e. The summed E-state index contributed by atoms with van der Waals surface area (Å²) in [5, 5.41) is 9.13. The number of benzene rings is 1. The molecule has 5 heterocycles. The summed E-state index contributed by atoms with van der Waals surface area (Å²) in [7, 11) is -3.43. The third-order valence-electron chi connectivity index (χ3n) is 7.90. The molecular formula is C32H30FN7O3S. The molecule has 0 aliphatic heterocycles. The van der Waals surface area contributed by atoms with Crippen LogP contribution in [0, 0.1) is 5.82 Å². The van der Waals surface area contributed by atoms with Gasteiger partial charge in [0.05, 0.1) is 35.6 Å². The first kappa shape index (κ1) is 28.1. The number of rotatable bonds is 8. The minimum Gasteiger partial charge on any atom is -0.489 e. The van der Waals surface area contributed by atoms with Crippen LogP contribution in [-0.4, -0.2) is 50.9 Å². The summed E-state index contributed by atoms with van der Waals surface area (Å²) >= 11 is 0. The van der Waals surface area contributed by atoms with Gasteiger partial charge in [0.25, 0.3) is 0 Å². The fraction of sp³-hybridized carbons (Fsp3) is 0.250. The number of pyridine rings is 3. The van der Waals surface area contributed by atoms with Gasteiger partial charge in [-0.3, -0.25) is 15.1 Å². The van der Waals surface area contributed by atoms with Crippen molar-refractivity contribution in [3.05, 3.63) is 78.6 Å². The van der Waals surface area contributed by atoms with Crippen LogP contribution in [0.4, 0.5) is 4.39 Å². The quantitative estimate of drug-likeness (QED) is 0.188. The van der Waals surface area contributed by atoms with Crippen LogP contribution in [0.15, 0.2) is 67.3 Å². The van der Waals surface area contributed by atoms with Crippen LogP contribution in [0.1, 0.15) is 37.7 Å². The number of H-pyrrole nitrogens is 2. The average molecular weight is 612 g/mol. The van der Waals surface area contributed by atoms with Crippen LogP contribution >= 0.6 is 0 Å². The topological polar surface area (TPSA) is 139 Å². The van der Waals surface area contributed by atoms with Gasteiger partial charge >= 0.3 is 0 Å². The summed E-state index contributed by atoms with van der Waals surface area (Å²) in [5.74, 6) is 0.272. The van der Waals surface area contributed by atoms with Crippen molar-refractivity contribution in [3.63, 3.8) is 0 Å². The van der Waals surface area contributed by atoms with Crippen molar-refractivity contribution in [1.29, 1.82) is 0 Å². The second-order valence-corrected chi connectivity index (χ2v) is 13.1. The summed E-state index contributed by atoms with van der Waals surface area (Å²) in [6, 6.07) is 12.2. The Labute approximate surface area is 253 Å². The van der Waals surface area contributed by atoms with E-state index in [0.29, 0.717) is 22.5 Å². The van der Waals surface area contributed by atoms with Crippen LogP contribution < -0.4 is 9.46 Å². The molecule has 224 valence electrons. The molecule has 0 radical (unpaired) electrons. The van der Waals surface area contributed by atoms with Crippen molar-refractivity contribution < 1.29 is 17.5 Å². The lowest BCUT2D eigenvalue weighted by Crippen LogP contribution is -2.21. The minimum absolute atomic E-state index is 0.0292. The molecule has 12 heteroatoms. The molecule has 3 N–H and O–H groups in total. The van der Waals surface area contributed by atoms with E-state index >= 15 is 0 Å². The lowest BCUT2D eigenvalue weighted by molar-refractivity contribution is 0.154. The first-order valence-electron chi connectivity index (χ1n) is 14.5. The van der Waals surface area contributed by atoms with E-state index < -0.39 is 15.8 Å². The largest absolute Gasteiger partial charge is 0.489 e. The standard InChI is InChI=1S/C32H30FN7O3S/c1-44(41,42)37-15-19-9-20(11-23(33)10-19)30-26-14-29(38-28(26)7-8-35-30)31-27-13-22(17-36-32(27)40-39-31)21-12-25(18-34-16-21)43-24-5-3-2-4-6-24/h7-14,16-18,24,37-38H,2-6,15H2,1H3,(H,36,39,40). The van der Waals surface area contributed by atoms with Gasteiger partial charge in [-0.15, -0.1) is 0 Å². The molecule has 1 aliphatic rings. The van der Waals surface area contributed by atoms with Gasteiger partial charge in [-0.05, 0) is 73.7 Å². The van der Waals surface area contributed by atoms with Gasteiger partial charge in [-0.25, -0.2) is 22.5 Å². The predicted octanol–water partition coefficient (Wildman–Crippen LogP) is 6.13. The van der Waals surface area contributed by atoms with E-state index in [1.165, 1.54) is 31.4 Å². The molecule has 5 aromatic heterocycles. The van der Waals surface area contributed by atoms with Crippen LogP contribution in [0.2, 0.25) is 0 Å². The number of aromatic amines is 2. The van der Waals surface area contributed by atoms with Crippen molar-refractivity contribution in [2.24, 2.45) is 0 Å². The molecule has 0 unspecified atom stereocenters. The SMILES string of the molecule is CS(=O)(=O)NCc1cc(F)cc(-c2nccc3[nH]c(-c4[nH]nc5ncc(-c6cncc(OC7CCCCC7)c6)cc45)cc23)c1. The number of aromatic nitrogens is 6. The number of fused-ring (bicyclic) bond motifs is 2. The second-order valence-electron chi connectivity index (χ2n) is 11.2. The average Bonchev–Trinajstić information content (AvgIpc) is 3.64. The molecule has 1 saturated carbocycles. The van der Waals surface area contributed by atoms with Crippen LogP contribution in [-0.2, 0) is 16.6 Å². The Morgan fingerprint density at radius 1 is 0.955 bits per heavy atom. The molecule has 10 nitrogen and oxygen atoms in total. The van der Waals surface area contributed by atoms with E-state index in [2.05, 4.69) is 34.9 Å². The van der Waals surface area contributed by atoms with Gasteiger partial charge in [0.1, 0.15) is 11.6 Å². The number of hydrogen-bond acceptors (Lipinski definition) is 7. The van der Waals surface area contributed by atoms with Crippen molar-refractivity contribution in [1.82, 2.24) is 34.9 Å². The Morgan fingerprint density at radius 2 is 1.80 bits per heavy atom. The summed E-state index contributed by atoms with van der Waals surface area (Å²) in [5.41, 5.74) is 6.24. The molecule has 1 aliphatic carbocycles. The molecule has 0 spiro atoms. The molecule has 7 rings (SSSR count). The minimum atomic E-state index is -3.43. The zero-order chi connectivity index (χ0) is 30.3. The van der Waals surface area contributed by atoms with Gasteiger partial charge in [0, 0.05) is 58.1 Å². The zero-order valence-electron chi connectivity index (χ0n) is 24.0. The first-order valence-corrected chi connectivity index (χ1v) is 16.4.